The monoisotopic (exact) mass is 242 g/mol. The van der Waals surface area contributed by atoms with Crippen molar-refractivity contribution >= 4 is 0 Å². The topological polar surface area (TPSA) is 9.23 Å². The van der Waals surface area contributed by atoms with Gasteiger partial charge in [0, 0.05) is 5.41 Å². The van der Waals surface area contributed by atoms with Crippen LogP contribution in [0.2, 0.25) is 0 Å². The van der Waals surface area contributed by atoms with Gasteiger partial charge in [-0.05, 0) is 37.2 Å². The molecular weight excluding hydrogens is 220 g/mol. The molecule has 0 aliphatic heterocycles. The average molecular weight is 242 g/mol. The Kier molecular flexibility index (Phi) is 3.03. The summed E-state index contributed by atoms with van der Waals surface area (Å²) in [7, 11) is 0. The molecule has 1 nitrogen and oxygen atoms in total. The van der Waals surface area contributed by atoms with Crippen molar-refractivity contribution in [2.75, 3.05) is 0 Å². The first-order chi connectivity index (χ1) is 8.68. The fraction of sp³-hybridized carbons (Fsp3) is 0.529. The zero-order valence-corrected chi connectivity index (χ0v) is 11.3. The molecule has 2 aliphatic rings. The Morgan fingerprint density at radius 1 is 1.28 bits per heavy atom. The van der Waals surface area contributed by atoms with E-state index >= 15 is 0 Å². The fourth-order valence-electron chi connectivity index (χ4n) is 3.58. The molecular formula is C17H22O. The molecule has 0 amide bonds. The van der Waals surface area contributed by atoms with Gasteiger partial charge < -0.3 is 4.74 Å². The molecule has 4 atom stereocenters. The summed E-state index contributed by atoms with van der Waals surface area (Å²) in [6, 6.07) is 10.5. The highest BCUT2D eigenvalue weighted by atomic mass is 16.5. The average Bonchev–Trinajstić information content (AvgIpc) is 2.97. The van der Waals surface area contributed by atoms with Crippen molar-refractivity contribution in [3.8, 4) is 0 Å². The second-order valence-electron chi connectivity index (χ2n) is 6.14. The minimum absolute atomic E-state index is 0.331. The van der Waals surface area contributed by atoms with Gasteiger partial charge in [-0.3, -0.25) is 0 Å². The highest BCUT2D eigenvalue weighted by Gasteiger charge is 2.48. The van der Waals surface area contributed by atoms with E-state index in [0.29, 0.717) is 11.5 Å². The molecule has 1 aromatic rings. The minimum Gasteiger partial charge on any atom is -0.373 e. The molecule has 0 radical (unpaired) electrons. The third-order valence-corrected chi connectivity index (χ3v) is 4.99. The van der Waals surface area contributed by atoms with Gasteiger partial charge in [0.25, 0.3) is 0 Å². The van der Waals surface area contributed by atoms with Gasteiger partial charge in [-0.2, -0.15) is 0 Å². The number of benzene rings is 1. The molecule has 1 saturated carbocycles. The summed E-state index contributed by atoms with van der Waals surface area (Å²) in [5.74, 6) is 1.54. The second-order valence-corrected chi connectivity index (χ2v) is 6.14. The number of fused-ring (bicyclic) bond motifs is 2. The highest BCUT2D eigenvalue weighted by Crippen LogP contribution is 2.54. The van der Waals surface area contributed by atoms with E-state index in [0.717, 1.165) is 18.4 Å². The van der Waals surface area contributed by atoms with Crippen LogP contribution in [-0.4, -0.2) is 6.10 Å². The van der Waals surface area contributed by atoms with Crippen LogP contribution in [0.15, 0.2) is 42.5 Å². The summed E-state index contributed by atoms with van der Waals surface area (Å²) in [6.45, 7) is 5.38. The standard InChI is InChI=1S/C17H22O/c1-13(18-12-14-6-4-3-5-7-14)17(2)11-15-8-9-16(17)10-15/h3-9,13,15-16H,10-12H2,1-2H3. The van der Waals surface area contributed by atoms with Crippen LogP contribution in [0.4, 0.5) is 0 Å². The summed E-state index contributed by atoms with van der Waals surface area (Å²) in [4.78, 5) is 0. The van der Waals surface area contributed by atoms with Crippen molar-refractivity contribution in [3.05, 3.63) is 48.0 Å². The number of hydrogen-bond acceptors (Lipinski definition) is 1. The van der Waals surface area contributed by atoms with E-state index in [1.165, 1.54) is 18.4 Å². The molecule has 4 unspecified atom stereocenters. The summed E-state index contributed by atoms with van der Waals surface area (Å²) in [5.41, 5.74) is 1.61. The third-order valence-electron chi connectivity index (χ3n) is 4.99. The maximum atomic E-state index is 6.13. The predicted octanol–water partition coefficient (Wildman–Crippen LogP) is 4.19. The number of hydrogen-bond donors (Lipinski definition) is 0. The van der Waals surface area contributed by atoms with Crippen LogP contribution in [0.1, 0.15) is 32.3 Å². The van der Waals surface area contributed by atoms with Crippen molar-refractivity contribution in [2.45, 2.75) is 39.4 Å². The van der Waals surface area contributed by atoms with E-state index in [1.54, 1.807) is 0 Å². The van der Waals surface area contributed by atoms with Gasteiger partial charge in [0.2, 0.25) is 0 Å². The molecule has 0 N–H and O–H groups in total. The zero-order valence-electron chi connectivity index (χ0n) is 11.3. The Hall–Kier alpha value is -1.08. The van der Waals surface area contributed by atoms with Gasteiger partial charge in [-0.25, -0.2) is 0 Å². The molecule has 0 aromatic heterocycles. The van der Waals surface area contributed by atoms with Gasteiger partial charge in [0.05, 0.1) is 12.7 Å². The molecule has 0 spiro atoms. The highest BCUT2D eigenvalue weighted by molar-refractivity contribution is 5.16. The Labute approximate surface area is 110 Å². The van der Waals surface area contributed by atoms with E-state index in [4.69, 9.17) is 4.74 Å². The molecule has 1 aromatic carbocycles. The van der Waals surface area contributed by atoms with E-state index in [-0.39, 0.29) is 0 Å². The van der Waals surface area contributed by atoms with Crippen LogP contribution in [0.3, 0.4) is 0 Å². The lowest BCUT2D eigenvalue weighted by molar-refractivity contribution is -0.0434. The Morgan fingerprint density at radius 3 is 2.67 bits per heavy atom. The lowest BCUT2D eigenvalue weighted by Crippen LogP contribution is -2.35. The predicted molar refractivity (Wildman–Crippen MR) is 74.2 cm³/mol. The lowest BCUT2D eigenvalue weighted by Gasteiger charge is -2.37. The maximum Gasteiger partial charge on any atom is 0.0720 e. The van der Waals surface area contributed by atoms with Crippen molar-refractivity contribution in [1.29, 1.82) is 0 Å². The quantitative estimate of drug-likeness (QED) is 0.719. The summed E-state index contributed by atoms with van der Waals surface area (Å²) in [5, 5.41) is 0. The van der Waals surface area contributed by atoms with E-state index < -0.39 is 0 Å². The van der Waals surface area contributed by atoms with Crippen molar-refractivity contribution < 1.29 is 4.74 Å². The van der Waals surface area contributed by atoms with Gasteiger partial charge in [0.15, 0.2) is 0 Å². The van der Waals surface area contributed by atoms with Crippen LogP contribution < -0.4 is 0 Å². The van der Waals surface area contributed by atoms with Crippen LogP contribution in [0, 0.1) is 17.3 Å². The van der Waals surface area contributed by atoms with Gasteiger partial charge >= 0.3 is 0 Å². The van der Waals surface area contributed by atoms with Crippen molar-refractivity contribution in [1.82, 2.24) is 0 Å². The first-order valence-electron chi connectivity index (χ1n) is 7.02. The van der Waals surface area contributed by atoms with Crippen LogP contribution >= 0.6 is 0 Å². The Bertz CT molecular complexity index is 436. The molecule has 0 saturated heterocycles. The first kappa shape index (κ1) is 12.0. The number of rotatable bonds is 4. The molecule has 2 bridgehead atoms. The molecule has 2 aliphatic carbocycles. The zero-order chi connectivity index (χ0) is 12.6. The number of ether oxygens (including phenoxy) is 1. The maximum absolute atomic E-state index is 6.13. The molecule has 0 heterocycles. The van der Waals surface area contributed by atoms with Crippen molar-refractivity contribution in [3.63, 3.8) is 0 Å². The summed E-state index contributed by atoms with van der Waals surface area (Å²) in [6.07, 6.45) is 7.78. The number of allylic oxidation sites excluding steroid dienone is 2. The van der Waals surface area contributed by atoms with Crippen LogP contribution in [0.25, 0.3) is 0 Å². The third kappa shape index (κ3) is 2.01. The molecule has 18 heavy (non-hydrogen) atoms. The molecule has 96 valence electrons. The van der Waals surface area contributed by atoms with E-state index in [9.17, 15) is 0 Å². The summed E-state index contributed by atoms with van der Waals surface area (Å²) >= 11 is 0. The molecule has 1 fully saturated rings. The smallest absolute Gasteiger partial charge is 0.0720 e. The fourth-order valence-corrected chi connectivity index (χ4v) is 3.58. The second kappa shape index (κ2) is 4.55. The first-order valence-corrected chi connectivity index (χ1v) is 7.02. The molecule has 3 rings (SSSR count). The minimum atomic E-state index is 0.331. The van der Waals surface area contributed by atoms with Gasteiger partial charge in [0.1, 0.15) is 0 Å². The molecule has 1 heteroatoms. The van der Waals surface area contributed by atoms with Crippen molar-refractivity contribution in [2.24, 2.45) is 17.3 Å². The van der Waals surface area contributed by atoms with E-state index in [2.05, 4.69) is 56.3 Å². The SMILES string of the molecule is CC(OCc1ccccc1)C1(C)CC2C=CC1C2. The van der Waals surface area contributed by atoms with E-state index in [1.807, 2.05) is 0 Å². The van der Waals surface area contributed by atoms with Crippen LogP contribution in [0.5, 0.6) is 0 Å². The largest absolute Gasteiger partial charge is 0.373 e. The normalized spacial score (nSPS) is 35.0. The van der Waals surface area contributed by atoms with Gasteiger partial charge in [-0.15, -0.1) is 0 Å². The van der Waals surface area contributed by atoms with Gasteiger partial charge in [-0.1, -0.05) is 49.4 Å². The Balaban J connectivity index is 1.62. The summed E-state index contributed by atoms with van der Waals surface area (Å²) < 4.78 is 6.13. The lowest BCUT2D eigenvalue weighted by atomic mass is 9.73. The Morgan fingerprint density at radius 2 is 2.06 bits per heavy atom. The van der Waals surface area contributed by atoms with Crippen LogP contribution in [-0.2, 0) is 11.3 Å².